The molecule has 1 fully saturated rings. The molecule has 150 valence electrons. The van der Waals surface area contributed by atoms with E-state index in [4.69, 9.17) is 0 Å². The molecular weight excluding hydrogens is 383 g/mol. The Hall–Kier alpha value is -2.29. The highest BCUT2D eigenvalue weighted by atomic mass is 32.2. The number of nitrogens with one attached hydrogen (secondary N) is 1. The van der Waals surface area contributed by atoms with Gasteiger partial charge in [-0.2, -0.15) is 4.31 Å². The van der Waals surface area contributed by atoms with Crippen molar-refractivity contribution in [3.8, 4) is 0 Å². The van der Waals surface area contributed by atoms with E-state index in [1.54, 1.807) is 24.3 Å². The average molecular weight is 406 g/mol. The number of hydrogen-bond acceptors (Lipinski definition) is 4. The molecule has 0 spiro atoms. The largest absolute Gasteiger partial charge is 0.387 e. The number of aliphatic hydroxyl groups is 1. The molecule has 0 aliphatic carbocycles. The van der Waals surface area contributed by atoms with Gasteiger partial charge in [0.05, 0.1) is 16.9 Å². The maximum absolute atomic E-state index is 13.1. The van der Waals surface area contributed by atoms with Crippen LogP contribution in [0.25, 0.3) is 0 Å². The lowest BCUT2D eigenvalue weighted by Gasteiger charge is -2.31. The van der Waals surface area contributed by atoms with E-state index in [1.165, 1.54) is 16.4 Å². The van der Waals surface area contributed by atoms with Crippen molar-refractivity contribution in [3.63, 3.8) is 0 Å². The number of sulfonamides is 1. The zero-order valence-corrected chi connectivity index (χ0v) is 16.1. The molecule has 1 aliphatic rings. The molecule has 0 bridgehead atoms. The Morgan fingerprint density at radius 2 is 1.86 bits per heavy atom. The Bertz CT molecular complexity index is 904. The Morgan fingerprint density at radius 1 is 1.18 bits per heavy atom. The van der Waals surface area contributed by atoms with Crippen LogP contribution >= 0.6 is 0 Å². The summed E-state index contributed by atoms with van der Waals surface area (Å²) in [5.41, 5.74) is 0.701. The first-order chi connectivity index (χ1) is 13.4. The molecule has 8 heteroatoms. The zero-order chi connectivity index (χ0) is 20.1. The fraction of sp³-hybridized carbons (Fsp3) is 0.350. The number of amides is 1. The molecule has 1 amide bonds. The summed E-state index contributed by atoms with van der Waals surface area (Å²) in [7, 11) is -3.78. The summed E-state index contributed by atoms with van der Waals surface area (Å²) >= 11 is 0. The van der Waals surface area contributed by atoms with Gasteiger partial charge >= 0.3 is 0 Å². The number of piperidine rings is 1. The van der Waals surface area contributed by atoms with E-state index in [9.17, 15) is 22.7 Å². The van der Waals surface area contributed by atoms with Gasteiger partial charge in [-0.1, -0.05) is 30.3 Å². The number of benzene rings is 2. The molecule has 0 radical (unpaired) electrons. The minimum Gasteiger partial charge on any atom is -0.387 e. The van der Waals surface area contributed by atoms with Crippen LogP contribution in [0.4, 0.5) is 4.39 Å². The second kappa shape index (κ2) is 8.81. The van der Waals surface area contributed by atoms with Gasteiger partial charge in [0.1, 0.15) is 5.82 Å². The predicted octanol–water partition coefficient (Wildman–Crippen LogP) is 2.08. The number of aliphatic hydroxyl groups excluding tert-OH is 1. The van der Waals surface area contributed by atoms with Crippen molar-refractivity contribution in [2.45, 2.75) is 23.8 Å². The van der Waals surface area contributed by atoms with Gasteiger partial charge in [0.2, 0.25) is 15.9 Å². The molecule has 6 nitrogen and oxygen atoms in total. The van der Waals surface area contributed by atoms with Crippen molar-refractivity contribution in [2.75, 3.05) is 19.6 Å². The Morgan fingerprint density at radius 3 is 2.54 bits per heavy atom. The highest BCUT2D eigenvalue weighted by Crippen LogP contribution is 2.24. The lowest BCUT2D eigenvalue weighted by atomic mass is 9.98. The zero-order valence-electron chi connectivity index (χ0n) is 15.3. The van der Waals surface area contributed by atoms with Crippen LogP contribution < -0.4 is 5.32 Å². The van der Waals surface area contributed by atoms with Crippen LogP contribution in [-0.4, -0.2) is 43.4 Å². The molecule has 2 N–H and O–H groups in total. The lowest BCUT2D eigenvalue weighted by Crippen LogP contribution is -2.46. The van der Waals surface area contributed by atoms with Gasteiger partial charge in [-0.3, -0.25) is 4.79 Å². The highest BCUT2D eigenvalue weighted by Gasteiger charge is 2.33. The van der Waals surface area contributed by atoms with Gasteiger partial charge in [0, 0.05) is 19.6 Å². The van der Waals surface area contributed by atoms with E-state index < -0.39 is 27.9 Å². The van der Waals surface area contributed by atoms with Crippen molar-refractivity contribution < 1.29 is 22.7 Å². The second-order valence-electron chi connectivity index (χ2n) is 6.83. The molecule has 0 aromatic heterocycles. The molecule has 1 saturated heterocycles. The Kier molecular flexibility index (Phi) is 6.43. The predicted molar refractivity (Wildman–Crippen MR) is 102 cm³/mol. The van der Waals surface area contributed by atoms with Crippen molar-refractivity contribution in [1.29, 1.82) is 0 Å². The molecule has 2 atom stereocenters. The van der Waals surface area contributed by atoms with Gasteiger partial charge in [0.25, 0.3) is 0 Å². The monoisotopic (exact) mass is 406 g/mol. The van der Waals surface area contributed by atoms with Crippen LogP contribution in [0.15, 0.2) is 59.5 Å². The van der Waals surface area contributed by atoms with Crippen LogP contribution in [0, 0.1) is 11.7 Å². The molecule has 1 heterocycles. The number of carbonyl (C=O) groups is 1. The fourth-order valence-electron chi connectivity index (χ4n) is 3.27. The summed E-state index contributed by atoms with van der Waals surface area (Å²) in [6, 6.07) is 13.7. The summed E-state index contributed by atoms with van der Waals surface area (Å²) in [5, 5.41) is 12.9. The summed E-state index contributed by atoms with van der Waals surface area (Å²) in [4.78, 5) is 12.5. The van der Waals surface area contributed by atoms with Crippen molar-refractivity contribution in [3.05, 3.63) is 66.0 Å². The smallest absolute Gasteiger partial charge is 0.243 e. The lowest BCUT2D eigenvalue weighted by molar-refractivity contribution is -0.126. The highest BCUT2D eigenvalue weighted by molar-refractivity contribution is 7.89. The number of carbonyl (C=O) groups excluding carboxylic acids is 1. The minimum absolute atomic E-state index is 0.00876. The summed E-state index contributed by atoms with van der Waals surface area (Å²) in [6.07, 6.45) is 0.301. The second-order valence-corrected chi connectivity index (χ2v) is 8.77. The van der Waals surface area contributed by atoms with E-state index in [-0.39, 0.29) is 23.9 Å². The summed E-state index contributed by atoms with van der Waals surface area (Å²) < 4.78 is 39.8. The van der Waals surface area contributed by atoms with E-state index in [2.05, 4.69) is 5.32 Å². The maximum Gasteiger partial charge on any atom is 0.243 e. The molecular formula is C20H23FN2O4S. The van der Waals surface area contributed by atoms with E-state index in [1.807, 2.05) is 6.07 Å². The topological polar surface area (TPSA) is 86.7 Å². The van der Waals surface area contributed by atoms with Gasteiger partial charge in [-0.15, -0.1) is 0 Å². The van der Waals surface area contributed by atoms with Crippen molar-refractivity contribution in [1.82, 2.24) is 9.62 Å². The third-order valence-electron chi connectivity index (χ3n) is 4.86. The first-order valence-corrected chi connectivity index (χ1v) is 10.6. The van der Waals surface area contributed by atoms with Crippen LogP contribution in [0.1, 0.15) is 24.5 Å². The molecule has 1 aliphatic heterocycles. The van der Waals surface area contributed by atoms with E-state index in [0.29, 0.717) is 24.9 Å². The SMILES string of the molecule is O=C(NCC(O)c1ccccc1)C1CCCN(S(=O)(=O)c2ccc(F)cc2)C1. The molecule has 2 aromatic rings. The maximum atomic E-state index is 13.1. The van der Waals surface area contributed by atoms with E-state index in [0.717, 1.165) is 12.1 Å². The van der Waals surface area contributed by atoms with Crippen LogP contribution in [0.5, 0.6) is 0 Å². The van der Waals surface area contributed by atoms with Gasteiger partial charge in [-0.25, -0.2) is 12.8 Å². The van der Waals surface area contributed by atoms with Crippen LogP contribution in [0.2, 0.25) is 0 Å². The van der Waals surface area contributed by atoms with Crippen molar-refractivity contribution in [2.24, 2.45) is 5.92 Å². The molecule has 28 heavy (non-hydrogen) atoms. The minimum atomic E-state index is -3.78. The molecule has 2 unspecified atom stereocenters. The Balaban J connectivity index is 1.61. The molecule has 2 aromatic carbocycles. The first-order valence-electron chi connectivity index (χ1n) is 9.14. The van der Waals surface area contributed by atoms with Crippen molar-refractivity contribution >= 4 is 15.9 Å². The number of hydrogen-bond donors (Lipinski definition) is 2. The van der Waals surface area contributed by atoms with Gasteiger partial charge < -0.3 is 10.4 Å². The number of halogens is 1. The third kappa shape index (κ3) is 4.76. The quantitative estimate of drug-likeness (QED) is 0.769. The Labute approximate surface area is 164 Å². The number of rotatable bonds is 6. The number of nitrogens with zero attached hydrogens (tertiary/aromatic N) is 1. The third-order valence-corrected chi connectivity index (χ3v) is 6.74. The normalized spacial score (nSPS) is 19.1. The van der Waals surface area contributed by atoms with E-state index >= 15 is 0 Å². The van der Waals surface area contributed by atoms with Crippen LogP contribution in [0.3, 0.4) is 0 Å². The standard InChI is InChI=1S/C20H23FN2O4S/c21-17-8-10-18(11-9-17)28(26,27)23-12-4-7-16(14-23)20(25)22-13-19(24)15-5-2-1-3-6-15/h1-3,5-6,8-11,16,19,24H,4,7,12-14H2,(H,22,25). The summed E-state index contributed by atoms with van der Waals surface area (Å²) in [5.74, 6) is -1.28. The first kappa shape index (κ1) is 20.4. The fourth-order valence-corrected chi connectivity index (χ4v) is 4.79. The average Bonchev–Trinajstić information content (AvgIpc) is 2.72. The van der Waals surface area contributed by atoms with Gasteiger partial charge in [-0.05, 0) is 42.7 Å². The van der Waals surface area contributed by atoms with Crippen LogP contribution in [-0.2, 0) is 14.8 Å². The molecule has 3 rings (SSSR count). The molecule has 0 saturated carbocycles. The van der Waals surface area contributed by atoms with Gasteiger partial charge in [0.15, 0.2) is 0 Å². The summed E-state index contributed by atoms with van der Waals surface area (Å²) in [6.45, 7) is 0.438.